The SMILES string of the molecule is FC(F)(F)c1cc([B-](c2cc(C(F)(F)F)cc(C(F)(F)F)c2)(c2cc(C(F)(F)F)cc(C(F)(F)F)c2)c2cc(C(F)(F)F)cc(C(F)(F)F)c2)cc(C(F)(F)F)c1.c1ccc(Sc2ccc(C[P+](c3ccccc3)(c3ccccc3)c3ccccc3)cc2)cc1. The monoisotopic (exact) mass is 1320 g/mol. The van der Waals surface area contributed by atoms with Gasteiger partial charge in [0.15, 0.2) is 0 Å². The molecule has 0 nitrogen and oxygen atoms in total. The van der Waals surface area contributed by atoms with Crippen LogP contribution in [0.1, 0.15) is 50.1 Å². The molecule has 0 radical (unpaired) electrons. The molecule has 472 valence electrons. The number of hydrogen-bond acceptors (Lipinski definition) is 1. The molecule has 0 unspecified atom stereocenters. The van der Waals surface area contributed by atoms with Crippen molar-refractivity contribution < 1.29 is 105 Å². The number of alkyl halides is 24. The van der Waals surface area contributed by atoms with Gasteiger partial charge in [0.25, 0.3) is 0 Å². The minimum absolute atomic E-state index is 0.691. The lowest BCUT2D eigenvalue weighted by atomic mass is 9.12. The lowest BCUT2D eigenvalue weighted by Gasteiger charge is -2.46. The van der Waals surface area contributed by atoms with Gasteiger partial charge in [-0.3, -0.25) is 0 Å². The topological polar surface area (TPSA) is 0 Å². The molecule has 9 rings (SSSR count). The second kappa shape index (κ2) is 25.1. The molecule has 0 heterocycles. The van der Waals surface area contributed by atoms with Crippen molar-refractivity contribution in [3.8, 4) is 0 Å². The normalized spacial score (nSPS) is 13.2. The van der Waals surface area contributed by atoms with Crippen LogP contribution in [0.4, 0.5) is 105 Å². The zero-order valence-electron chi connectivity index (χ0n) is 45.0. The molecule has 0 bridgehead atoms. The van der Waals surface area contributed by atoms with Crippen molar-refractivity contribution in [2.75, 3.05) is 0 Å². The van der Waals surface area contributed by atoms with Gasteiger partial charge in [0.05, 0.1) is 50.7 Å². The van der Waals surface area contributed by atoms with Gasteiger partial charge in [0, 0.05) is 9.79 Å². The minimum atomic E-state index is -6.13. The first-order chi connectivity index (χ1) is 41.6. The summed E-state index contributed by atoms with van der Waals surface area (Å²) < 4.78 is 341. The molecule has 0 amide bonds. The number of rotatable bonds is 11. The first-order valence-corrected chi connectivity index (χ1v) is 28.6. The summed E-state index contributed by atoms with van der Waals surface area (Å²) in [6.45, 7) is 0. The summed E-state index contributed by atoms with van der Waals surface area (Å²) in [5.74, 6) is 0. The Morgan fingerprint density at radius 1 is 0.244 bits per heavy atom. The van der Waals surface area contributed by atoms with Gasteiger partial charge in [-0.1, -0.05) is 145 Å². The zero-order chi connectivity index (χ0) is 66.3. The van der Waals surface area contributed by atoms with Crippen LogP contribution < -0.4 is 37.8 Å². The average Bonchev–Trinajstić information content (AvgIpc) is 0.712. The fourth-order valence-corrected chi connectivity index (χ4v) is 15.5. The summed E-state index contributed by atoms with van der Waals surface area (Å²) in [6, 6.07) is 44.2. The number of hydrogen-bond donors (Lipinski definition) is 0. The fraction of sp³-hybridized carbons (Fsp3) is 0.143. The van der Waals surface area contributed by atoms with E-state index in [1.54, 1.807) is 0 Å². The lowest BCUT2D eigenvalue weighted by Crippen LogP contribution is -2.75. The van der Waals surface area contributed by atoms with Gasteiger partial charge in [-0.25, -0.2) is 0 Å². The third-order valence-electron chi connectivity index (χ3n) is 14.4. The maximum atomic E-state index is 14.2. The van der Waals surface area contributed by atoms with Crippen molar-refractivity contribution in [2.45, 2.75) is 65.4 Å². The maximum Gasteiger partial charge on any atom is 0.416 e. The molecule has 0 atom stereocenters. The highest BCUT2D eigenvalue weighted by molar-refractivity contribution is 7.99. The third-order valence-corrected chi connectivity index (χ3v) is 19.7. The van der Waals surface area contributed by atoms with Gasteiger partial charge in [-0.2, -0.15) is 127 Å². The first kappa shape index (κ1) is 68.1. The van der Waals surface area contributed by atoms with E-state index in [0.717, 1.165) is 6.16 Å². The van der Waals surface area contributed by atoms with Crippen molar-refractivity contribution in [1.82, 2.24) is 0 Å². The lowest BCUT2D eigenvalue weighted by molar-refractivity contribution is -0.144. The van der Waals surface area contributed by atoms with Crippen LogP contribution in [0.2, 0.25) is 0 Å². The molecule has 0 aliphatic rings. The standard InChI is InChI=1S/C32H12BF24.C31H26PS/c34-25(35,36)13-1-14(26(37,38)39)6-21(5-13)33(22-7-15(27(40,41)42)2-16(8-22)28(43,44)45,23-9-17(29(46,47)48)3-18(10-23)30(49,50)51)24-11-19(31(52,53)54)4-20(12-24)32(55,56)57;1-5-13-27(14-6-1)32(28-15-7-2-8-16-28,29-17-9-3-10-18-29)25-26-21-23-31(24-22-26)33-30-19-11-4-12-20-30/h1-12H;1-24H,25H2/q-1;+1. The van der Waals surface area contributed by atoms with E-state index in [4.69, 9.17) is 0 Å². The summed E-state index contributed by atoms with van der Waals surface area (Å²) >= 11 is 1.81. The van der Waals surface area contributed by atoms with Gasteiger partial charge in [0.1, 0.15) is 29.3 Å². The van der Waals surface area contributed by atoms with Crippen LogP contribution in [0, 0.1) is 0 Å². The van der Waals surface area contributed by atoms with Crippen molar-refractivity contribution in [1.29, 1.82) is 0 Å². The summed E-state index contributed by atoms with van der Waals surface area (Å²) in [4.78, 5) is 2.54. The largest absolute Gasteiger partial charge is 0.416 e. The first-order valence-electron chi connectivity index (χ1n) is 25.8. The van der Waals surface area contributed by atoms with E-state index in [0.29, 0.717) is 0 Å². The van der Waals surface area contributed by atoms with Crippen LogP contribution >= 0.6 is 19.0 Å². The molecular formula is C63H38BF24PS. The summed E-state index contributed by atoms with van der Waals surface area (Å²) in [5, 5.41) is 4.26. The molecule has 9 aromatic rings. The van der Waals surface area contributed by atoms with E-state index >= 15 is 0 Å². The smallest absolute Gasteiger partial charge is 0.194 e. The molecular weight excluding hydrogens is 1290 g/mol. The number of halogens is 24. The molecule has 0 aromatic heterocycles. The number of benzene rings is 9. The Bertz CT molecular complexity index is 3390. The maximum absolute atomic E-state index is 14.2. The van der Waals surface area contributed by atoms with Crippen LogP contribution in [-0.4, -0.2) is 6.15 Å². The fourth-order valence-electron chi connectivity index (χ4n) is 10.4. The molecule has 0 spiro atoms. The van der Waals surface area contributed by atoms with Gasteiger partial charge >= 0.3 is 49.4 Å². The molecule has 9 aromatic carbocycles. The molecule has 0 aliphatic heterocycles. The summed E-state index contributed by atoms with van der Waals surface area (Å²) in [6.07, 6.45) is -53.8. The van der Waals surface area contributed by atoms with Crippen LogP contribution in [0.25, 0.3) is 0 Å². The van der Waals surface area contributed by atoms with Crippen molar-refractivity contribution in [3.63, 3.8) is 0 Å². The van der Waals surface area contributed by atoms with Gasteiger partial charge in [-0.05, 0) is 90.5 Å². The predicted octanol–water partition coefficient (Wildman–Crippen LogP) is 18.5. The highest BCUT2D eigenvalue weighted by atomic mass is 32.2. The van der Waals surface area contributed by atoms with Crippen LogP contribution in [0.3, 0.4) is 0 Å². The Morgan fingerprint density at radius 3 is 0.656 bits per heavy atom. The summed E-state index contributed by atoms with van der Waals surface area (Å²) in [7, 11) is -1.86. The molecule has 27 heteroatoms. The summed E-state index contributed by atoms with van der Waals surface area (Å²) in [5.41, 5.74) is -28.8. The molecule has 0 saturated carbocycles. The van der Waals surface area contributed by atoms with Crippen molar-refractivity contribution in [2.24, 2.45) is 0 Å². The predicted molar refractivity (Wildman–Crippen MR) is 296 cm³/mol. The molecule has 0 saturated heterocycles. The quantitative estimate of drug-likeness (QED) is 0.0707. The van der Waals surface area contributed by atoms with Gasteiger partial charge in [0.2, 0.25) is 0 Å². The van der Waals surface area contributed by atoms with E-state index < -0.39 is 202 Å². The van der Waals surface area contributed by atoms with Crippen molar-refractivity contribution >= 4 is 62.9 Å². The Hall–Kier alpha value is -7.86. The highest BCUT2D eigenvalue weighted by Gasteiger charge is 2.49. The molecule has 90 heavy (non-hydrogen) atoms. The Labute approximate surface area is 500 Å². The highest BCUT2D eigenvalue weighted by Crippen LogP contribution is 2.58. The Kier molecular flexibility index (Phi) is 19.0. The van der Waals surface area contributed by atoms with E-state index in [9.17, 15) is 105 Å². The Balaban J connectivity index is 0.000000266. The third kappa shape index (κ3) is 15.3. The zero-order valence-corrected chi connectivity index (χ0v) is 46.7. The van der Waals surface area contributed by atoms with Crippen LogP contribution in [-0.2, 0) is 55.6 Å². The second-order valence-corrected chi connectivity index (χ2v) is 24.9. The van der Waals surface area contributed by atoms with Gasteiger partial charge < -0.3 is 0 Å². The van der Waals surface area contributed by atoms with Crippen LogP contribution in [0.5, 0.6) is 0 Å². The van der Waals surface area contributed by atoms with E-state index in [1.165, 1.54) is 31.3 Å². The molecule has 0 fully saturated rings. The average molecular weight is 1320 g/mol. The van der Waals surface area contributed by atoms with Crippen molar-refractivity contribution in [3.05, 3.63) is 268 Å². The minimum Gasteiger partial charge on any atom is -0.194 e. The van der Waals surface area contributed by atoms with E-state index in [1.807, 2.05) is 11.8 Å². The molecule has 0 N–H and O–H groups in total. The Morgan fingerprint density at radius 2 is 0.444 bits per heavy atom. The van der Waals surface area contributed by atoms with E-state index in [-0.39, 0.29) is 0 Å². The van der Waals surface area contributed by atoms with Crippen LogP contribution in [0.15, 0.2) is 228 Å². The van der Waals surface area contributed by atoms with E-state index in [2.05, 4.69) is 146 Å². The second-order valence-electron chi connectivity index (χ2n) is 20.3. The van der Waals surface area contributed by atoms with Gasteiger partial charge in [-0.15, -0.1) is 0 Å². The molecule has 0 aliphatic carbocycles.